The maximum absolute atomic E-state index is 13.2. The van der Waals surface area contributed by atoms with Crippen molar-refractivity contribution in [3.63, 3.8) is 0 Å². The van der Waals surface area contributed by atoms with Crippen molar-refractivity contribution in [2.75, 3.05) is 18.5 Å². The number of rotatable bonds is 7. The van der Waals surface area contributed by atoms with Gasteiger partial charge in [0.25, 0.3) is 0 Å². The summed E-state index contributed by atoms with van der Waals surface area (Å²) in [6.07, 6.45) is 1.45. The molecule has 1 aromatic heterocycles. The van der Waals surface area contributed by atoms with Crippen LogP contribution in [-0.2, 0) is 15.6 Å². The third-order valence-corrected chi connectivity index (χ3v) is 6.93. The van der Waals surface area contributed by atoms with E-state index < -0.39 is 16.9 Å². The SMILES string of the molecule is COC(=O)c1ccc(-c2ccc(N(c3cnc(-c4ccc(F)cc4)s3)[SH](=O)=O)c(OC)c2)cc1. The number of nitrogens with zero attached hydrogens (tertiary/aromatic N) is 2. The van der Waals surface area contributed by atoms with Gasteiger partial charge in [-0.05, 0) is 59.7 Å². The third-order valence-electron chi connectivity index (χ3n) is 5.00. The van der Waals surface area contributed by atoms with E-state index in [1.54, 1.807) is 54.6 Å². The molecule has 0 spiro atoms. The van der Waals surface area contributed by atoms with Gasteiger partial charge in [0, 0.05) is 5.56 Å². The molecule has 1 heterocycles. The number of halogens is 1. The van der Waals surface area contributed by atoms with Gasteiger partial charge in [0.05, 0.1) is 31.7 Å². The van der Waals surface area contributed by atoms with Crippen LogP contribution in [0.15, 0.2) is 72.9 Å². The monoisotopic (exact) mass is 498 g/mol. The van der Waals surface area contributed by atoms with Gasteiger partial charge in [-0.3, -0.25) is 0 Å². The number of anilines is 2. The first-order valence-electron chi connectivity index (χ1n) is 9.94. The zero-order chi connectivity index (χ0) is 24.2. The number of carbonyl (C=O) groups is 1. The van der Waals surface area contributed by atoms with E-state index in [4.69, 9.17) is 9.47 Å². The van der Waals surface area contributed by atoms with Crippen LogP contribution in [0.25, 0.3) is 21.7 Å². The summed E-state index contributed by atoms with van der Waals surface area (Å²) in [6.45, 7) is 0. The van der Waals surface area contributed by atoms with E-state index in [1.807, 2.05) is 0 Å². The molecule has 7 nitrogen and oxygen atoms in total. The van der Waals surface area contributed by atoms with Crippen molar-refractivity contribution < 1.29 is 27.1 Å². The standard InChI is InChI=1S/C24H19FN2O5S2/c1-31-21-13-18(15-3-5-17(6-4-15)24(28)32-2)9-12-20(21)27(34(29)30)22-14-26-23(33-22)16-7-10-19(25)11-8-16/h3-14,34H,1-2H3. The Morgan fingerprint density at radius 1 is 0.941 bits per heavy atom. The molecule has 0 unspecified atom stereocenters. The van der Waals surface area contributed by atoms with Gasteiger partial charge >= 0.3 is 5.97 Å². The molecule has 34 heavy (non-hydrogen) atoms. The van der Waals surface area contributed by atoms with Crippen LogP contribution >= 0.6 is 11.3 Å². The Morgan fingerprint density at radius 2 is 1.59 bits per heavy atom. The fourth-order valence-electron chi connectivity index (χ4n) is 3.33. The Morgan fingerprint density at radius 3 is 2.21 bits per heavy atom. The maximum atomic E-state index is 13.2. The normalized spacial score (nSPS) is 10.8. The van der Waals surface area contributed by atoms with Gasteiger partial charge in [-0.1, -0.05) is 29.5 Å². The van der Waals surface area contributed by atoms with Crippen LogP contribution < -0.4 is 9.04 Å². The molecule has 0 saturated heterocycles. The predicted octanol–water partition coefficient (Wildman–Crippen LogP) is 5.08. The number of methoxy groups -OCH3 is 2. The largest absolute Gasteiger partial charge is 0.495 e. The molecule has 10 heteroatoms. The van der Waals surface area contributed by atoms with E-state index in [2.05, 4.69) is 4.98 Å². The summed E-state index contributed by atoms with van der Waals surface area (Å²) >= 11 is 1.16. The number of carbonyl (C=O) groups excluding carboxylic acids is 1. The molecule has 3 aromatic carbocycles. The van der Waals surface area contributed by atoms with Gasteiger partial charge in [-0.2, -0.15) is 0 Å². The molecule has 174 valence electrons. The second-order valence-corrected chi connectivity index (χ2v) is 8.90. The summed E-state index contributed by atoms with van der Waals surface area (Å²) in [4.78, 5) is 16.0. The summed E-state index contributed by atoms with van der Waals surface area (Å²) in [6, 6.07) is 17.8. The minimum atomic E-state index is -3.06. The molecule has 4 rings (SSSR count). The van der Waals surface area contributed by atoms with Gasteiger partial charge < -0.3 is 9.47 Å². The zero-order valence-electron chi connectivity index (χ0n) is 18.1. The van der Waals surface area contributed by atoms with Crippen molar-refractivity contribution in [3.05, 3.63) is 84.3 Å². The van der Waals surface area contributed by atoms with Crippen LogP contribution in [0.3, 0.4) is 0 Å². The highest BCUT2D eigenvalue weighted by Gasteiger charge is 2.20. The van der Waals surface area contributed by atoms with Crippen LogP contribution in [0.2, 0.25) is 0 Å². The maximum Gasteiger partial charge on any atom is 0.337 e. The summed E-state index contributed by atoms with van der Waals surface area (Å²) in [5.74, 6) is -0.459. The molecule has 0 bridgehead atoms. The lowest BCUT2D eigenvalue weighted by Gasteiger charge is -2.19. The lowest BCUT2D eigenvalue weighted by Crippen LogP contribution is -2.14. The first-order valence-corrected chi connectivity index (χ1v) is 11.9. The van der Waals surface area contributed by atoms with Crippen LogP contribution in [0, 0.1) is 5.82 Å². The van der Waals surface area contributed by atoms with Crippen LogP contribution in [0.4, 0.5) is 15.1 Å². The minimum Gasteiger partial charge on any atom is -0.495 e. The Labute approximate surface area is 201 Å². The van der Waals surface area contributed by atoms with E-state index >= 15 is 0 Å². The topological polar surface area (TPSA) is 85.8 Å². The third kappa shape index (κ3) is 4.78. The molecule has 0 aliphatic carbocycles. The molecule has 0 aliphatic rings. The van der Waals surface area contributed by atoms with Crippen molar-refractivity contribution in [2.24, 2.45) is 0 Å². The lowest BCUT2D eigenvalue weighted by atomic mass is 10.0. The average Bonchev–Trinajstić information content (AvgIpc) is 3.33. The molecule has 4 aromatic rings. The summed E-state index contributed by atoms with van der Waals surface area (Å²) in [7, 11) is -0.293. The van der Waals surface area contributed by atoms with E-state index in [1.165, 1.54) is 32.5 Å². The van der Waals surface area contributed by atoms with E-state index in [-0.39, 0.29) is 5.82 Å². The van der Waals surface area contributed by atoms with Crippen LogP contribution in [-0.4, -0.2) is 33.6 Å². The van der Waals surface area contributed by atoms with Gasteiger partial charge in [0.1, 0.15) is 21.6 Å². The quantitative estimate of drug-likeness (QED) is 0.283. The molecule has 0 radical (unpaired) electrons. The minimum absolute atomic E-state index is 0.322. The molecular formula is C24H19FN2O5S2. The number of thiazole rings is 1. The highest BCUT2D eigenvalue weighted by molar-refractivity contribution is 7.74. The van der Waals surface area contributed by atoms with E-state index in [0.29, 0.717) is 32.6 Å². The smallest absolute Gasteiger partial charge is 0.337 e. The van der Waals surface area contributed by atoms with Crippen molar-refractivity contribution in [2.45, 2.75) is 0 Å². The first-order chi connectivity index (χ1) is 16.4. The molecule has 0 aliphatic heterocycles. The Bertz CT molecular complexity index is 1390. The molecule has 0 amide bonds. The van der Waals surface area contributed by atoms with Gasteiger partial charge in [-0.15, -0.1) is 0 Å². The van der Waals surface area contributed by atoms with E-state index in [9.17, 15) is 17.6 Å². The fraction of sp³-hybridized carbons (Fsp3) is 0.0833. The van der Waals surface area contributed by atoms with Crippen molar-refractivity contribution in [3.8, 4) is 27.4 Å². The van der Waals surface area contributed by atoms with Gasteiger partial charge in [0.15, 0.2) is 0 Å². The number of aromatic nitrogens is 1. The van der Waals surface area contributed by atoms with Gasteiger partial charge in [-0.25, -0.2) is 26.9 Å². The first kappa shape index (κ1) is 23.4. The number of esters is 1. The van der Waals surface area contributed by atoms with Crippen molar-refractivity contribution in [1.29, 1.82) is 0 Å². The van der Waals surface area contributed by atoms with Crippen molar-refractivity contribution in [1.82, 2.24) is 4.98 Å². The lowest BCUT2D eigenvalue weighted by molar-refractivity contribution is 0.0600. The van der Waals surface area contributed by atoms with Crippen LogP contribution in [0.1, 0.15) is 10.4 Å². The fourth-order valence-corrected chi connectivity index (χ4v) is 5.05. The number of thiol groups is 1. The number of ether oxygens (including phenoxy) is 2. The zero-order valence-corrected chi connectivity index (χ0v) is 19.8. The molecule has 0 atom stereocenters. The van der Waals surface area contributed by atoms with Crippen molar-refractivity contribution >= 4 is 38.9 Å². The molecule has 0 N–H and O–H groups in total. The molecule has 0 fully saturated rings. The second-order valence-electron chi connectivity index (χ2n) is 7.02. The summed E-state index contributed by atoms with van der Waals surface area (Å²) in [5.41, 5.74) is 3.01. The molecular weight excluding hydrogens is 479 g/mol. The number of hydrogen-bond acceptors (Lipinski definition) is 7. The Balaban J connectivity index is 1.69. The highest BCUT2D eigenvalue weighted by Crippen LogP contribution is 2.40. The highest BCUT2D eigenvalue weighted by atomic mass is 32.2. The van der Waals surface area contributed by atoms with E-state index in [0.717, 1.165) is 26.8 Å². The van der Waals surface area contributed by atoms with Crippen LogP contribution in [0.5, 0.6) is 5.75 Å². The number of benzene rings is 3. The predicted molar refractivity (Wildman–Crippen MR) is 130 cm³/mol. The Kier molecular flexibility index (Phi) is 6.90. The summed E-state index contributed by atoms with van der Waals surface area (Å²) in [5, 5.41) is 0.919. The average molecular weight is 499 g/mol. The summed E-state index contributed by atoms with van der Waals surface area (Å²) < 4.78 is 49.1. The Hall–Kier alpha value is -3.76. The van der Waals surface area contributed by atoms with Gasteiger partial charge in [0.2, 0.25) is 10.9 Å². The number of hydrogen-bond donors (Lipinski definition) is 1. The second kappa shape index (κ2) is 10.0. The molecule has 0 saturated carbocycles.